The van der Waals surface area contributed by atoms with Gasteiger partial charge in [-0.2, -0.15) is 0 Å². The second-order valence-electron chi connectivity index (χ2n) is 16.2. The van der Waals surface area contributed by atoms with Crippen LogP contribution in [0.2, 0.25) is 11.1 Å². The van der Waals surface area contributed by atoms with Gasteiger partial charge < -0.3 is 33.8 Å². The van der Waals surface area contributed by atoms with E-state index in [-0.39, 0.29) is 43.0 Å². The third-order valence-corrected chi connectivity index (χ3v) is 17.1. The fourth-order valence-corrected chi connectivity index (χ4v) is 13.4. The third kappa shape index (κ3) is 9.63. The predicted molar refractivity (Wildman–Crippen MR) is 239 cm³/mol. The summed E-state index contributed by atoms with van der Waals surface area (Å²) in [5, 5.41) is 12.8. The zero-order valence-corrected chi connectivity index (χ0v) is 37.4. The summed E-state index contributed by atoms with van der Waals surface area (Å²) in [7, 11) is 0.256. The van der Waals surface area contributed by atoms with Crippen LogP contribution in [0.3, 0.4) is 0 Å². The van der Waals surface area contributed by atoms with Crippen molar-refractivity contribution in [3.63, 3.8) is 0 Å². The SMILES string of the molecule is COc1ccc(C(OC[C@H]2O[C@@H](n3cc(C)c(=O)[nH]c3=O)CC2O[Si](c2ccc(C(=O)NCCCC(=O)O)cc2)(C(C)C)C(C)C)(c2ccccc2)c2ccc(OC)cc2)cc1. The molecule has 1 saturated heterocycles. The van der Waals surface area contributed by atoms with E-state index < -0.39 is 49.6 Å². The number of aromatic amines is 1. The van der Waals surface area contributed by atoms with Crippen molar-refractivity contribution >= 4 is 25.4 Å². The number of hydrogen-bond acceptors (Lipinski definition) is 9. The smallest absolute Gasteiger partial charge is 0.330 e. The van der Waals surface area contributed by atoms with Gasteiger partial charge in [0, 0.05) is 36.7 Å². The van der Waals surface area contributed by atoms with Crippen LogP contribution in [-0.4, -0.2) is 74.4 Å². The minimum Gasteiger partial charge on any atom is -0.497 e. The molecule has 3 atom stereocenters. The molecule has 0 radical (unpaired) electrons. The first kappa shape index (κ1) is 45.7. The number of ether oxygens (including phenoxy) is 4. The molecular formula is C48H57N3O10Si. The van der Waals surface area contributed by atoms with Crippen molar-refractivity contribution in [1.82, 2.24) is 14.9 Å². The quantitative estimate of drug-likeness (QED) is 0.0456. The van der Waals surface area contributed by atoms with Crippen LogP contribution < -0.4 is 31.2 Å². The molecule has 1 aliphatic rings. The van der Waals surface area contributed by atoms with Crippen LogP contribution in [0.15, 0.2) is 119 Å². The number of amides is 1. The molecule has 0 bridgehead atoms. The molecule has 1 amide bonds. The molecule has 0 aliphatic carbocycles. The van der Waals surface area contributed by atoms with Crippen LogP contribution in [0.5, 0.6) is 11.5 Å². The summed E-state index contributed by atoms with van der Waals surface area (Å²) in [6.45, 7) is 10.5. The molecule has 1 aliphatic heterocycles. The number of methoxy groups -OCH3 is 2. The number of aryl methyl sites for hydroxylation is 1. The molecule has 1 fully saturated rings. The number of H-pyrrole nitrogens is 1. The number of rotatable bonds is 19. The highest BCUT2D eigenvalue weighted by atomic mass is 28.4. The summed E-state index contributed by atoms with van der Waals surface area (Å²) in [6.07, 6.45) is 0.0492. The van der Waals surface area contributed by atoms with E-state index in [4.69, 9.17) is 28.5 Å². The van der Waals surface area contributed by atoms with Gasteiger partial charge in [0.1, 0.15) is 29.4 Å². The lowest BCUT2D eigenvalue weighted by Gasteiger charge is -2.42. The molecule has 0 spiro atoms. The molecule has 13 nitrogen and oxygen atoms in total. The van der Waals surface area contributed by atoms with Crippen LogP contribution in [0.4, 0.5) is 0 Å². The Morgan fingerprint density at radius 3 is 1.95 bits per heavy atom. The maximum absolute atomic E-state index is 13.4. The van der Waals surface area contributed by atoms with Gasteiger partial charge in [0.25, 0.3) is 11.5 Å². The number of nitrogens with zero attached hydrogens (tertiary/aromatic N) is 1. The molecule has 6 rings (SSSR count). The van der Waals surface area contributed by atoms with Crippen molar-refractivity contribution in [3.05, 3.63) is 158 Å². The highest BCUT2D eigenvalue weighted by Gasteiger charge is 2.51. The van der Waals surface area contributed by atoms with Crippen LogP contribution in [0.1, 0.15) is 85.8 Å². The Hall–Kier alpha value is -5.80. The number of carbonyl (C=O) groups excluding carboxylic acids is 1. The van der Waals surface area contributed by atoms with E-state index in [1.165, 1.54) is 10.8 Å². The minimum absolute atomic E-state index is 0.0299. The van der Waals surface area contributed by atoms with Gasteiger partial charge in [-0.25, -0.2) is 4.79 Å². The zero-order valence-electron chi connectivity index (χ0n) is 36.4. The van der Waals surface area contributed by atoms with E-state index in [2.05, 4.69) is 38.0 Å². The largest absolute Gasteiger partial charge is 0.497 e. The first-order valence-electron chi connectivity index (χ1n) is 21.0. The summed E-state index contributed by atoms with van der Waals surface area (Å²) in [6, 6.07) is 33.0. The average molecular weight is 864 g/mol. The van der Waals surface area contributed by atoms with E-state index in [0.29, 0.717) is 29.0 Å². The van der Waals surface area contributed by atoms with Crippen LogP contribution in [0.25, 0.3) is 0 Å². The zero-order chi connectivity index (χ0) is 44.6. The summed E-state index contributed by atoms with van der Waals surface area (Å²) in [5.74, 6) is 0.183. The van der Waals surface area contributed by atoms with Gasteiger partial charge in [0.15, 0.2) is 0 Å². The molecule has 1 unspecified atom stereocenters. The maximum Gasteiger partial charge on any atom is 0.330 e. The first-order valence-corrected chi connectivity index (χ1v) is 23.0. The second-order valence-corrected chi connectivity index (χ2v) is 21.0. The van der Waals surface area contributed by atoms with Gasteiger partial charge >= 0.3 is 11.7 Å². The number of carboxylic acid groups (broad SMARTS) is 1. The Kier molecular flexibility index (Phi) is 14.7. The number of benzene rings is 4. The van der Waals surface area contributed by atoms with Crippen molar-refractivity contribution in [1.29, 1.82) is 0 Å². The van der Waals surface area contributed by atoms with Crippen molar-refractivity contribution in [3.8, 4) is 11.5 Å². The summed E-state index contributed by atoms with van der Waals surface area (Å²) < 4.78 is 34.3. The van der Waals surface area contributed by atoms with Crippen molar-refractivity contribution in [2.24, 2.45) is 0 Å². The molecule has 328 valence electrons. The Balaban J connectivity index is 1.42. The number of carboxylic acids is 1. The maximum atomic E-state index is 13.4. The number of aromatic nitrogens is 2. The lowest BCUT2D eigenvalue weighted by molar-refractivity contribution is -0.137. The van der Waals surface area contributed by atoms with Gasteiger partial charge in [0.2, 0.25) is 8.32 Å². The molecular weight excluding hydrogens is 807 g/mol. The van der Waals surface area contributed by atoms with Crippen molar-refractivity contribution in [2.75, 3.05) is 27.4 Å². The Labute approximate surface area is 363 Å². The monoisotopic (exact) mass is 863 g/mol. The molecule has 2 heterocycles. The summed E-state index contributed by atoms with van der Waals surface area (Å²) in [4.78, 5) is 52.3. The number of hydrogen-bond donors (Lipinski definition) is 3. The normalized spacial score (nSPS) is 16.7. The number of carbonyl (C=O) groups is 2. The molecule has 14 heteroatoms. The van der Waals surface area contributed by atoms with Crippen molar-refractivity contribution in [2.45, 2.75) is 89.0 Å². The molecule has 3 N–H and O–H groups in total. The first-order chi connectivity index (χ1) is 29.7. The highest BCUT2D eigenvalue weighted by molar-refractivity contribution is 6.88. The summed E-state index contributed by atoms with van der Waals surface area (Å²) >= 11 is 0. The Morgan fingerprint density at radius 1 is 0.855 bits per heavy atom. The fraction of sp³-hybridized carbons (Fsp3) is 0.375. The Bertz CT molecular complexity index is 2340. The molecule has 0 saturated carbocycles. The van der Waals surface area contributed by atoms with Crippen LogP contribution >= 0.6 is 0 Å². The van der Waals surface area contributed by atoms with Gasteiger partial charge in [-0.15, -0.1) is 0 Å². The topological polar surface area (TPSA) is 167 Å². The second kappa shape index (κ2) is 19.9. The van der Waals surface area contributed by atoms with Crippen molar-refractivity contribution < 1.29 is 38.1 Å². The number of aliphatic carboxylic acids is 1. The molecule has 4 aromatic carbocycles. The van der Waals surface area contributed by atoms with E-state index in [1.54, 1.807) is 33.3 Å². The third-order valence-electron chi connectivity index (χ3n) is 11.8. The number of nitrogens with one attached hydrogen (secondary N) is 2. The van der Waals surface area contributed by atoms with E-state index in [0.717, 1.165) is 21.9 Å². The Morgan fingerprint density at radius 2 is 1.42 bits per heavy atom. The molecule has 1 aromatic heterocycles. The summed E-state index contributed by atoms with van der Waals surface area (Å²) in [5.41, 5.74) is 1.27. The molecule has 62 heavy (non-hydrogen) atoms. The fourth-order valence-electron chi connectivity index (χ4n) is 8.58. The highest BCUT2D eigenvalue weighted by Crippen LogP contribution is 2.44. The van der Waals surface area contributed by atoms with E-state index in [1.807, 2.05) is 91.0 Å². The lowest BCUT2D eigenvalue weighted by Crippen LogP contribution is -2.59. The average Bonchev–Trinajstić information content (AvgIpc) is 3.68. The standard InChI is InChI=1S/C48H57N3O10Si/c1-31(2)62(32(3)4,40-25-15-34(16-26-40)46(55)49-27-11-14-44(52)53)61-41-28-43(51-29-33(5)45(54)50-47(51)56)60-42(41)30-59-48(35-12-9-8-10-13-35,36-17-21-38(57-6)22-18-36)37-19-23-39(58-7)24-20-37/h8-10,12-13,15-26,29,31-32,41-43H,11,14,27-28,30H2,1-7H3,(H,49,55)(H,52,53)(H,50,54,56)/t41?,42-,43-/m1/s1. The van der Waals surface area contributed by atoms with Crippen LogP contribution in [-0.2, 0) is 24.3 Å². The van der Waals surface area contributed by atoms with Crippen LogP contribution in [0, 0.1) is 6.92 Å². The van der Waals surface area contributed by atoms with Gasteiger partial charge in [0.05, 0.1) is 26.9 Å². The van der Waals surface area contributed by atoms with E-state index in [9.17, 15) is 19.2 Å². The lowest BCUT2D eigenvalue weighted by atomic mass is 9.80. The molecule has 5 aromatic rings. The predicted octanol–water partition coefficient (Wildman–Crippen LogP) is 6.81. The van der Waals surface area contributed by atoms with Gasteiger partial charge in [-0.3, -0.25) is 23.9 Å². The minimum atomic E-state index is -2.99. The van der Waals surface area contributed by atoms with E-state index >= 15 is 0 Å². The van der Waals surface area contributed by atoms with Gasteiger partial charge in [-0.05, 0) is 82.7 Å². The van der Waals surface area contributed by atoms with Gasteiger partial charge in [-0.1, -0.05) is 94.4 Å².